The molecule has 0 amide bonds. The van der Waals surface area contributed by atoms with E-state index >= 15 is 0 Å². The fraction of sp³-hybridized carbons (Fsp3) is 0. The summed E-state index contributed by atoms with van der Waals surface area (Å²) in [5.74, 6) is 0. The third-order valence-corrected chi connectivity index (χ3v) is 1.50. The number of aromatic amines is 1. The van der Waals surface area contributed by atoms with Crippen molar-refractivity contribution in [3.8, 4) is 0 Å². The maximum atomic E-state index is 10.7. The Bertz CT molecular complexity index is 408. The van der Waals surface area contributed by atoms with Crippen LogP contribution in [0.1, 0.15) is 0 Å². The van der Waals surface area contributed by atoms with Crippen molar-refractivity contribution in [3.05, 3.63) is 31.5 Å². The van der Waals surface area contributed by atoms with Gasteiger partial charge in [0.15, 0.2) is 0 Å². The number of halogens is 2. The second-order valence-electron chi connectivity index (χ2n) is 1.58. The molecule has 0 fully saturated rings. The summed E-state index contributed by atoms with van der Waals surface area (Å²) in [5.41, 5.74) is -3.13. The fourth-order valence-electron chi connectivity index (χ4n) is 0.440. The minimum atomic E-state index is -1.10. The fourth-order valence-corrected chi connectivity index (χ4v) is 0.715. The summed E-state index contributed by atoms with van der Waals surface area (Å²) < 4.78 is 0.322. The summed E-state index contributed by atoms with van der Waals surface area (Å²) in [6.07, 6.45) is 0. The molecule has 1 aromatic rings. The third kappa shape index (κ3) is 2.31. The van der Waals surface area contributed by atoms with Crippen LogP contribution in [0.5, 0.6) is 0 Å². The molecule has 0 aliphatic heterocycles. The average Bonchev–Trinajstić information content (AvgIpc) is 1.97. The van der Waals surface area contributed by atoms with Gasteiger partial charge < -0.3 is 0 Å². The van der Waals surface area contributed by atoms with E-state index < -0.39 is 17.1 Å². The Morgan fingerprint density at radius 3 is 1.67 bits per heavy atom. The van der Waals surface area contributed by atoms with Gasteiger partial charge in [-0.25, -0.2) is 14.4 Å². The van der Waals surface area contributed by atoms with E-state index in [1.165, 1.54) is 0 Å². The van der Waals surface area contributed by atoms with E-state index in [4.69, 9.17) is 23.6 Å². The van der Waals surface area contributed by atoms with Gasteiger partial charge in [-0.1, -0.05) is 0 Å². The molecule has 1 aromatic heterocycles. The number of nitrogens with zero attached hydrogens (tertiary/aromatic N) is 2. The van der Waals surface area contributed by atoms with Crippen LogP contribution in [0.4, 0.5) is 0 Å². The van der Waals surface area contributed by atoms with Crippen molar-refractivity contribution in [1.29, 1.82) is 0 Å². The summed E-state index contributed by atoms with van der Waals surface area (Å²) in [6, 6.07) is 0. The maximum absolute atomic E-state index is 10.7. The Labute approximate surface area is 118 Å². The SMILES string of the molecule is O=c1[nH]c(=O)n(Cl)c(=O)n1Cl.[KH]. The Kier molecular flexibility index (Phi) is 5.00. The molecule has 62 valence electrons. The minimum absolute atomic E-state index is 0. The molecule has 1 N–H and O–H groups in total. The van der Waals surface area contributed by atoms with Gasteiger partial charge in [0.25, 0.3) is 0 Å². The van der Waals surface area contributed by atoms with Gasteiger partial charge in [0, 0.05) is 23.6 Å². The predicted molar refractivity (Wildman–Crippen MR) is 45.2 cm³/mol. The first-order valence-corrected chi connectivity index (χ1v) is 3.02. The van der Waals surface area contributed by atoms with Crippen LogP contribution in [0.2, 0.25) is 0 Å². The number of nitrogens with one attached hydrogen (secondary N) is 1. The summed E-state index contributed by atoms with van der Waals surface area (Å²) in [5, 5.41) is 0. The van der Waals surface area contributed by atoms with Gasteiger partial charge in [-0.2, -0.15) is 0 Å². The van der Waals surface area contributed by atoms with Crippen LogP contribution in [-0.4, -0.2) is 64.5 Å². The summed E-state index contributed by atoms with van der Waals surface area (Å²) in [6.45, 7) is 0. The summed E-state index contributed by atoms with van der Waals surface area (Å²) in [7, 11) is 0. The van der Waals surface area contributed by atoms with E-state index in [-0.39, 0.29) is 59.6 Å². The zero-order valence-electron chi connectivity index (χ0n) is 4.88. The van der Waals surface area contributed by atoms with Crippen LogP contribution >= 0.6 is 23.6 Å². The Hall–Kier alpha value is 0.626. The van der Waals surface area contributed by atoms with Crippen LogP contribution in [0.3, 0.4) is 0 Å². The first-order valence-electron chi connectivity index (χ1n) is 2.34. The number of aromatic nitrogens is 3. The van der Waals surface area contributed by atoms with Crippen molar-refractivity contribution < 1.29 is 0 Å². The van der Waals surface area contributed by atoms with Crippen molar-refractivity contribution >= 4 is 74.9 Å². The molecule has 0 aliphatic carbocycles. The second-order valence-corrected chi connectivity index (χ2v) is 2.26. The van der Waals surface area contributed by atoms with Crippen molar-refractivity contribution in [2.45, 2.75) is 0 Å². The van der Waals surface area contributed by atoms with Gasteiger partial charge in [0.1, 0.15) is 0 Å². The third-order valence-electron chi connectivity index (χ3n) is 0.906. The van der Waals surface area contributed by atoms with Crippen LogP contribution < -0.4 is 17.1 Å². The molecule has 1 rings (SSSR count). The molecule has 0 unspecified atom stereocenters. The van der Waals surface area contributed by atoms with Crippen molar-refractivity contribution in [1.82, 2.24) is 13.2 Å². The number of rotatable bonds is 0. The predicted octanol–water partition coefficient (Wildman–Crippen LogP) is -1.95. The van der Waals surface area contributed by atoms with Crippen molar-refractivity contribution in [3.63, 3.8) is 0 Å². The molecule has 0 aliphatic rings. The molecule has 0 bridgehead atoms. The second kappa shape index (κ2) is 4.75. The van der Waals surface area contributed by atoms with E-state index in [9.17, 15) is 14.4 Å². The summed E-state index contributed by atoms with van der Waals surface area (Å²) >= 11 is 10.1. The van der Waals surface area contributed by atoms with Crippen LogP contribution in [0, 0.1) is 0 Å². The molecule has 0 saturated carbocycles. The van der Waals surface area contributed by atoms with E-state index in [0.29, 0.717) is 0 Å². The number of hydrogen-bond donors (Lipinski definition) is 1. The first-order chi connectivity index (χ1) is 5.04. The monoisotopic (exact) mass is 237 g/mol. The molecule has 1 heterocycles. The topological polar surface area (TPSA) is 76.9 Å². The van der Waals surface area contributed by atoms with Crippen LogP contribution in [-0.2, 0) is 0 Å². The van der Waals surface area contributed by atoms with E-state index in [2.05, 4.69) is 0 Å². The molecule has 9 heteroatoms. The Morgan fingerprint density at radius 1 is 1.00 bits per heavy atom. The normalized spacial score (nSPS) is 9.17. The molecular weight excluding hydrogens is 236 g/mol. The zero-order chi connectivity index (χ0) is 8.59. The van der Waals surface area contributed by atoms with Gasteiger partial charge in [-0.05, 0) is 0 Å². The Balaban J connectivity index is 0.00000121. The number of H-pyrrole nitrogens is 1. The quantitative estimate of drug-likeness (QED) is 0.534. The van der Waals surface area contributed by atoms with Crippen molar-refractivity contribution in [2.24, 2.45) is 0 Å². The van der Waals surface area contributed by atoms with E-state index in [1.807, 2.05) is 0 Å². The van der Waals surface area contributed by atoms with Gasteiger partial charge >= 0.3 is 68.5 Å². The molecule has 0 atom stereocenters. The summed E-state index contributed by atoms with van der Waals surface area (Å²) in [4.78, 5) is 33.4. The molecule has 6 nitrogen and oxygen atoms in total. The standard InChI is InChI=1S/C3HCl2N3O3.K.H/c4-7-1(9)6-2(10)8(5)3(7)11;;/h(H,6,9,10);;. The number of hydrogen-bond acceptors (Lipinski definition) is 3. The average molecular weight is 238 g/mol. The van der Waals surface area contributed by atoms with Gasteiger partial charge in [0.05, 0.1) is 0 Å². The van der Waals surface area contributed by atoms with Gasteiger partial charge in [-0.3, -0.25) is 4.98 Å². The zero-order valence-corrected chi connectivity index (χ0v) is 6.39. The molecule has 0 spiro atoms. The molecule has 0 aromatic carbocycles. The van der Waals surface area contributed by atoms with Crippen molar-refractivity contribution in [2.75, 3.05) is 0 Å². The van der Waals surface area contributed by atoms with E-state index in [0.717, 1.165) is 0 Å². The Morgan fingerprint density at radius 2 is 1.33 bits per heavy atom. The molecular formula is C3H2Cl2KN3O3. The van der Waals surface area contributed by atoms with E-state index in [1.54, 1.807) is 4.98 Å². The van der Waals surface area contributed by atoms with Crippen LogP contribution in [0.15, 0.2) is 14.4 Å². The first kappa shape index (κ1) is 12.6. The molecule has 12 heavy (non-hydrogen) atoms. The molecule has 0 saturated heterocycles. The van der Waals surface area contributed by atoms with Crippen LogP contribution in [0.25, 0.3) is 0 Å². The molecule has 0 radical (unpaired) electrons. The van der Waals surface area contributed by atoms with Gasteiger partial charge in [-0.15, -0.1) is 8.17 Å². The van der Waals surface area contributed by atoms with Gasteiger partial charge in [0.2, 0.25) is 0 Å².